The van der Waals surface area contributed by atoms with Crippen molar-refractivity contribution in [2.75, 3.05) is 19.8 Å². The fourth-order valence-corrected chi connectivity index (χ4v) is 1.37. The van der Waals surface area contributed by atoms with Gasteiger partial charge in [0.2, 0.25) is 0 Å². The SMILES string of the molecule is CC(C)CC(C)NCC(C)(CO)CO. The lowest BCUT2D eigenvalue weighted by Gasteiger charge is -2.27. The lowest BCUT2D eigenvalue weighted by Crippen LogP contribution is -2.41. The predicted molar refractivity (Wildman–Crippen MR) is 59.2 cm³/mol. The zero-order valence-electron chi connectivity index (χ0n) is 9.88. The van der Waals surface area contributed by atoms with E-state index >= 15 is 0 Å². The van der Waals surface area contributed by atoms with E-state index in [9.17, 15) is 0 Å². The molecule has 0 aromatic rings. The van der Waals surface area contributed by atoms with E-state index in [1.54, 1.807) is 0 Å². The van der Waals surface area contributed by atoms with Gasteiger partial charge >= 0.3 is 0 Å². The van der Waals surface area contributed by atoms with E-state index in [1.807, 2.05) is 6.92 Å². The largest absolute Gasteiger partial charge is 0.396 e. The number of hydrogen-bond acceptors (Lipinski definition) is 3. The molecule has 0 spiro atoms. The van der Waals surface area contributed by atoms with E-state index in [0.29, 0.717) is 18.5 Å². The average molecular weight is 203 g/mol. The van der Waals surface area contributed by atoms with E-state index in [0.717, 1.165) is 6.42 Å². The Morgan fingerprint density at radius 3 is 2.00 bits per heavy atom. The monoisotopic (exact) mass is 203 g/mol. The summed E-state index contributed by atoms with van der Waals surface area (Å²) in [5, 5.41) is 21.5. The minimum atomic E-state index is -0.398. The first kappa shape index (κ1) is 13.9. The molecule has 0 saturated carbocycles. The van der Waals surface area contributed by atoms with Crippen LogP contribution in [0.15, 0.2) is 0 Å². The summed E-state index contributed by atoms with van der Waals surface area (Å²) >= 11 is 0. The number of nitrogens with one attached hydrogen (secondary N) is 1. The molecular formula is C11H25NO2. The lowest BCUT2D eigenvalue weighted by atomic mass is 9.92. The Hall–Kier alpha value is -0.120. The molecule has 0 rings (SSSR count). The molecule has 1 atom stereocenters. The van der Waals surface area contributed by atoms with E-state index in [4.69, 9.17) is 10.2 Å². The van der Waals surface area contributed by atoms with Crippen molar-refractivity contribution < 1.29 is 10.2 Å². The molecule has 0 amide bonds. The summed E-state index contributed by atoms with van der Waals surface area (Å²) in [6, 6.07) is 0.437. The fraction of sp³-hybridized carbons (Fsp3) is 1.00. The molecule has 0 heterocycles. The van der Waals surface area contributed by atoms with Gasteiger partial charge in [-0.05, 0) is 19.3 Å². The highest BCUT2D eigenvalue weighted by Gasteiger charge is 2.22. The molecule has 3 N–H and O–H groups in total. The topological polar surface area (TPSA) is 52.5 Å². The predicted octanol–water partition coefficient (Wildman–Crippen LogP) is 1.00. The van der Waals surface area contributed by atoms with Gasteiger partial charge in [0, 0.05) is 18.0 Å². The number of hydrogen-bond donors (Lipinski definition) is 3. The standard InChI is InChI=1S/C11H25NO2/c1-9(2)5-10(3)12-6-11(4,7-13)8-14/h9-10,12-14H,5-8H2,1-4H3. The van der Waals surface area contributed by atoms with E-state index in [1.165, 1.54) is 0 Å². The maximum atomic E-state index is 9.08. The Morgan fingerprint density at radius 2 is 1.64 bits per heavy atom. The molecular weight excluding hydrogens is 178 g/mol. The third kappa shape index (κ3) is 5.58. The summed E-state index contributed by atoms with van der Waals surface area (Å²) in [6.07, 6.45) is 1.12. The van der Waals surface area contributed by atoms with Gasteiger partial charge in [0.1, 0.15) is 0 Å². The molecule has 14 heavy (non-hydrogen) atoms. The first-order valence-corrected chi connectivity index (χ1v) is 5.38. The first-order valence-electron chi connectivity index (χ1n) is 5.38. The summed E-state index contributed by atoms with van der Waals surface area (Å²) in [5.74, 6) is 0.673. The molecule has 0 aliphatic carbocycles. The second kappa shape index (κ2) is 6.38. The van der Waals surface area contributed by atoms with Gasteiger partial charge in [-0.25, -0.2) is 0 Å². The van der Waals surface area contributed by atoms with Gasteiger partial charge in [-0.3, -0.25) is 0 Å². The molecule has 0 bridgehead atoms. The van der Waals surface area contributed by atoms with Crippen LogP contribution in [0.2, 0.25) is 0 Å². The zero-order valence-corrected chi connectivity index (χ0v) is 9.88. The average Bonchev–Trinajstić information content (AvgIpc) is 2.13. The Morgan fingerprint density at radius 1 is 1.14 bits per heavy atom. The Balaban J connectivity index is 3.79. The summed E-state index contributed by atoms with van der Waals surface area (Å²) in [7, 11) is 0. The Bertz CT molecular complexity index is 144. The minimum absolute atomic E-state index is 0.0187. The van der Waals surface area contributed by atoms with Crippen LogP contribution in [0.25, 0.3) is 0 Å². The summed E-state index contributed by atoms with van der Waals surface area (Å²) in [4.78, 5) is 0. The van der Waals surface area contributed by atoms with Crippen LogP contribution in [0.4, 0.5) is 0 Å². The second-order valence-electron chi connectivity index (χ2n) is 5.04. The van der Waals surface area contributed by atoms with Crippen LogP contribution in [0.5, 0.6) is 0 Å². The minimum Gasteiger partial charge on any atom is -0.396 e. The zero-order chi connectivity index (χ0) is 11.2. The Labute approximate surface area is 87.5 Å². The molecule has 0 saturated heterocycles. The van der Waals surface area contributed by atoms with E-state index in [-0.39, 0.29) is 13.2 Å². The van der Waals surface area contributed by atoms with Crippen molar-refractivity contribution in [1.82, 2.24) is 5.32 Å². The van der Waals surface area contributed by atoms with Gasteiger partial charge in [-0.15, -0.1) is 0 Å². The fourth-order valence-electron chi connectivity index (χ4n) is 1.37. The Kier molecular flexibility index (Phi) is 6.33. The van der Waals surface area contributed by atoms with Gasteiger partial charge in [-0.2, -0.15) is 0 Å². The van der Waals surface area contributed by atoms with Crippen LogP contribution in [-0.2, 0) is 0 Å². The van der Waals surface area contributed by atoms with Crippen LogP contribution in [0.3, 0.4) is 0 Å². The van der Waals surface area contributed by atoms with Crippen molar-refractivity contribution in [3.05, 3.63) is 0 Å². The number of rotatable bonds is 7. The van der Waals surface area contributed by atoms with Crippen molar-refractivity contribution in [2.24, 2.45) is 11.3 Å². The molecule has 0 radical (unpaired) electrons. The quantitative estimate of drug-likeness (QED) is 0.578. The van der Waals surface area contributed by atoms with E-state index < -0.39 is 5.41 Å². The summed E-state index contributed by atoms with van der Waals surface area (Å²) in [6.45, 7) is 9.09. The molecule has 86 valence electrons. The number of aliphatic hydroxyl groups is 2. The molecule has 3 nitrogen and oxygen atoms in total. The maximum absolute atomic E-state index is 9.08. The van der Waals surface area contributed by atoms with Crippen LogP contribution in [-0.4, -0.2) is 36.0 Å². The number of aliphatic hydroxyl groups excluding tert-OH is 2. The van der Waals surface area contributed by atoms with Gasteiger partial charge in [0.05, 0.1) is 13.2 Å². The smallest absolute Gasteiger partial charge is 0.0518 e. The van der Waals surface area contributed by atoms with Crippen molar-refractivity contribution >= 4 is 0 Å². The third-order valence-corrected chi connectivity index (χ3v) is 2.47. The van der Waals surface area contributed by atoms with Gasteiger partial charge in [0.25, 0.3) is 0 Å². The molecule has 0 aromatic heterocycles. The van der Waals surface area contributed by atoms with Crippen molar-refractivity contribution in [2.45, 2.75) is 40.2 Å². The van der Waals surface area contributed by atoms with Gasteiger partial charge in [-0.1, -0.05) is 20.8 Å². The van der Waals surface area contributed by atoms with Crippen molar-refractivity contribution in [3.63, 3.8) is 0 Å². The normalized spacial score (nSPS) is 14.8. The van der Waals surface area contributed by atoms with Gasteiger partial charge < -0.3 is 15.5 Å². The van der Waals surface area contributed by atoms with Crippen molar-refractivity contribution in [3.8, 4) is 0 Å². The molecule has 1 unspecified atom stereocenters. The summed E-state index contributed by atoms with van der Waals surface area (Å²) in [5.41, 5.74) is -0.398. The highest BCUT2D eigenvalue weighted by atomic mass is 16.3. The highest BCUT2D eigenvalue weighted by Crippen LogP contribution is 2.13. The summed E-state index contributed by atoms with van der Waals surface area (Å²) < 4.78 is 0. The van der Waals surface area contributed by atoms with Crippen LogP contribution < -0.4 is 5.32 Å². The van der Waals surface area contributed by atoms with Crippen LogP contribution >= 0.6 is 0 Å². The van der Waals surface area contributed by atoms with Gasteiger partial charge in [0.15, 0.2) is 0 Å². The molecule has 3 heteroatoms. The van der Waals surface area contributed by atoms with Crippen LogP contribution in [0.1, 0.15) is 34.1 Å². The van der Waals surface area contributed by atoms with E-state index in [2.05, 4.69) is 26.1 Å². The molecule has 0 aromatic carbocycles. The highest BCUT2D eigenvalue weighted by molar-refractivity contribution is 4.77. The molecule has 0 fully saturated rings. The third-order valence-electron chi connectivity index (χ3n) is 2.47. The van der Waals surface area contributed by atoms with Crippen molar-refractivity contribution in [1.29, 1.82) is 0 Å². The second-order valence-corrected chi connectivity index (χ2v) is 5.04. The molecule has 0 aliphatic rings. The van der Waals surface area contributed by atoms with Crippen LogP contribution in [0, 0.1) is 11.3 Å². The lowest BCUT2D eigenvalue weighted by molar-refractivity contribution is 0.0672. The molecule has 0 aliphatic heterocycles. The maximum Gasteiger partial charge on any atom is 0.0518 e. The first-order chi connectivity index (χ1) is 6.43.